The second-order valence-corrected chi connectivity index (χ2v) is 15.8. The maximum Gasteiger partial charge on any atom is 0.244 e. The Morgan fingerprint density at radius 3 is 1.07 bits per heavy atom. The van der Waals surface area contributed by atoms with E-state index < -0.39 is 0 Å². The van der Waals surface area contributed by atoms with Crippen molar-refractivity contribution in [3.8, 4) is 0 Å². The number of aromatic nitrogens is 8. The zero-order valence-electron chi connectivity index (χ0n) is 33.8. The van der Waals surface area contributed by atoms with Crippen LogP contribution in [0.1, 0.15) is 50.1 Å². The van der Waals surface area contributed by atoms with Crippen molar-refractivity contribution in [2.75, 3.05) is 0 Å². The maximum atomic E-state index is 2.28. The van der Waals surface area contributed by atoms with E-state index in [9.17, 15) is 0 Å². The van der Waals surface area contributed by atoms with E-state index in [0.717, 1.165) is 52.4 Å². The minimum Gasteiger partial charge on any atom is -0.233 e. The summed E-state index contributed by atoms with van der Waals surface area (Å²) in [5.74, 6) is 0. The van der Waals surface area contributed by atoms with Crippen LogP contribution >= 0.6 is 0 Å². The van der Waals surface area contributed by atoms with Gasteiger partial charge in [0.2, 0.25) is 25.3 Å². The first-order chi connectivity index (χ1) is 29.0. The van der Waals surface area contributed by atoms with E-state index in [-0.39, 0.29) is 0 Å². The predicted molar refractivity (Wildman–Crippen MR) is 228 cm³/mol. The largest absolute Gasteiger partial charge is 0.244 e. The van der Waals surface area contributed by atoms with Gasteiger partial charge in [-0.1, -0.05) is 127 Å². The molecule has 0 amide bonds. The molecule has 0 saturated heterocycles. The van der Waals surface area contributed by atoms with E-state index in [2.05, 4.69) is 246 Å². The highest BCUT2D eigenvalue weighted by molar-refractivity contribution is 5.28. The summed E-state index contributed by atoms with van der Waals surface area (Å²) >= 11 is 0. The van der Waals surface area contributed by atoms with Crippen molar-refractivity contribution in [1.29, 1.82) is 0 Å². The molecule has 59 heavy (non-hydrogen) atoms. The molecule has 4 aromatic heterocycles. The Hall–Kier alpha value is -7.06. The van der Waals surface area contributed by atoms with Crippen molar-refractivity contribution in [2.24, 2.45) is 0 Å². The van der Waals surface area contributed by atoms with Crippen LogP contribution in [0.5, 0.6) is 0 Å². The summed E-state index contributed by atoms with van der Waals surface area (Å²) in [6, 6.07) is 46.0. The Kier molecular flexibility index (Phi) is 11.2. The molecule has 0 spiro atoms. The van der Waals surface area contributed by atoms with Crippen LogP contribution in [-0.2, 0) is 52.4 Å². The summed E-state index contributed by atoms with van der Waals surface area (Å²) in [6.07, 6.45) is 26.1. The lowest BCUT2D eigenvalue weighted by atomic mass is 10.1. The van der Waals surface area contributed by atoms with Crippen LogP contribution in [0.2, 0.25) is 0 Å². The summed E-state index contributed by atoms with van der Waals surface area (Å²) in [5, 5.41) is 0. The highest BCUT2D eigenvalue weighted by Crippen LogP contribution is 2.14. The van der Waals surface area contributed by atoms with Gasteiger partial charge in [0, 0.05) is 11.1 Å². The molecule has 0 bridgehead atoms. The molecule has 0 radical (unpaired) electrons. The first kappa shape index (κ1) is 37.5. The van der Waals surface area contributed by atoms with Crippen molar-refractivity contribution in [3.05, 3.63) is 252 Å². The average molecular weight is 777 g/mol. The average Bonchev–Trinajstić information content (AvgIpc) is 4.09. The van der Waals surface area contributed by atoms with E-state index in [4.69, 9.17) is 0 Å². The smallest absolute Gasteiger partial charge is 0.233 e. The minimum atomic E-state index is 0.826. The van der Waals surface area contributed by atoms with Crippen LogP contribution in [0.3, 0.4) is 0 Å². The van der Waals surface area contributed by atoms with Gasteiger partial charge < -0.3 is 0 Å². The fourth-order valence-corrected chi connectivity index (χ4v) is 7.88. The van der Waals surface area contributed by atoms with Gasteiger partial charge in [0.05, 0.1) is 0 Å². The zero-order valence-corrected chi connectivity index (χ0v) is 33.8. The third kappa shape index (κ3) is 9.91. The Morgan fingerprint density at radius 1 is 0.322 bits per heavy atom. The fraction of sp³-hybridized carbons (Fsp3) is 0.176. The molecule has 8 heteroatoms. The lowest BCUT2D eigenvalue weighted by Crippen LogP contribution is -2.32. The second kappa shape index (κ2) is 17.6. The second-order valence-electron chi connectivity index (χ2n) is 15.8. The third-order valence-corrected chi connectivity index (χ3v) is 11.1. The fourth-order valence-electron chi connectivity index (χ4n) is 7.88. The molecule has 0 fully saturated rings. The molecule has 0 aliphatic heterocycles. The highest BCUT2D eigenvalue weighted by Gasteiger charge is 2.14. The normalized spacial score (nSPS) is 11.3. The van der Waals surface area contributed by atoms with Crippen molar-refractivity contribution in [1.82, 2.24) is 18.3 Å². The Morgan fingerprint density at radius 2 is 0.644 bits per heavy atom. The Bertz CT molecular complexity index is 2730. The lowest BCUT2D eigenvalue weighted by molar-refractivity contribution is -0.688. The minimum absolute atomic E-state index is 0.826. The summed E-state index contributed by atoms with van der Waals surface area (Å²) in [6.45, 7) is 8.98. The van der Waals surface area contributed by atoms with Gasteiger partial charge in [-0.15, -0.1) is 0 Å². The van der Waals surface area contributed by atoms with E-state index in [0.29, 0.717) is 0 Å². The molecule has 9 aromatic rings. The first-order valence-corrected chi connectivity index (χ1v) is 20.5. The van der Waals surface area contributed by atoms with Crippen LogP contribution in [0.15, 0.2) is 202 Å². The van der Waals surface area contributed by atoms with Crippen molar-refractivity contribution in [2.45, 2.75) is 59.3 Å². The molecule has 4 heterocycles. The number of rotatable bonds is 16. The summed E-state index contributed by atoms with van der Waals surface area (Å²) in [4.78, 5) is 0. The number of hydrogen-bond donors (Lipinski definition) is 0. The number of benzene rings is 5. The Balaban J connectivity index is 0.758. The molecule has 0 saturated carbocycles. The Labute approximate surface area is 347 Å². The SMILES string of the molecule is Cc1ccccc1Cn1cc[n+](Cc2ccc(C[n+]3ccn(Cc4ccccc4Cn4cc[n+](Cc5ccc(Cn6cc[n+](Cc7ccccc7)c6)cc5)c4)c3)cc2)c1. The van der Waals surface area contributed by atoms with Crippen LogP contribution in [0.25, 0.3) is 0 Å². The van der Waals surface area contributed by atoms with Gasteiger partial charge >= 0.3 is 0 Å². The molecule has 8 nitrogen and oxygen atoms in total. The van der Waals surface area contributed by atoms with Gasteiger partial charge in [-0.25, -0.2) is 36.5 Å². The van der Waals surface area contributed by atoms with Crippen LogP contribution in [0.4, 0.5) is 0 Å². The van der Waals surface area contributed by atoms with Gasteiger partial charge in [0.1, 0.15) is 102 Å². The van der Waals surface area contributed by atoms with E-state index in [1.165, 1.54) is 50.1 Å². The van der Waals surface area contributed by atoms with E-state index >= 15 is 0 Å². The molecule has 0 aliphatic carbocycles. The van der Waals surface area contributed by atoms with Gasteiger partial charge in [0.25, 0.3) is 0 Å². The molecule has 0 aliphatic rings. The molecule has 9 rings (SSSR count). The maximum absolute atomic E-state index is 2.28. The standard InChI is InChI=1S/C51H52N8/c1-43-9-5-6-12-49(43)36-57-28-25-54(40-57)33-46-19-21-48(22-20-46)35-56-27-30-59(42-56)38-51-14-8-7-13-50(51)37-58-29-26-55(41-58)34-47-17-15-45(16-18-47)32-53-24-23-52(39-53)31-44-10-3-2-4-11-44/h2-30,39-42H,31-38H2,1H3/q+4. The van der Waals surface area contributed by atoms with Crippen molar-refractivity contribution < 1.29 is 18.3 Å². The molecule has 292 valence electrons. The van der Waals surface area contributed by atoms with Gasteiger partial charge in [-0.3, -0.25) is 0 Å². The molecule has 0 unspecified atom stereocenters. The number of imidazole rings is 4. The van der Waals surface area contributed by atoms with Gasteiger partial charge in [-0.05, 0) is 45.9 Å². The predicted octanol–water partition coefficient (Wildman–Crippen LogP) is 6.74. The van der Waals surface area contributed by atoms with Gasteiger partial charge in [-0.2, -0.15) is 0 Å². The summed E-state index contributed by atoms with van der Waals surface area (Å²) in [5.41, 5.74) is 11.8. The van der Waals surface area contributed by atoms with Gasteiger partial charge in [0.15, 0.2) is 0 Å². The first-order valence-electron chi connectivity index (χ1n) is 20.5. The van der Waals surface area contributed by atoms with Crippen LogP contribution in [0, 0.1) is 6.92 Å². The van der Waals surface area contributed by atoms with E-state index in [1.54, 1.807) is 0 Å². The molecular formula is C51H52N8+4. The quantitative estimate of drug-likeness (QED) is 0.0977. The highest BCUT2D eigenvalue weighted by atomic mass is 15.1. The van der Waals surface area contributed by atoms with Crippen LogP contribution < -0.4 is 18.3 Å². The summed E-state index contributed by atoms with van der Waals surface area (Å²) < 4.78 is 18.1. The third-order valence-electron chi connectivity index (χ3n) is 11.1. The molecule has 0 atom stereocenters. The molecule has 0 N–H and O–H groups in total. The molecule has 5 aromatic carbocycles. The lowest BCUT2D eigenvalue weighted by Gasteiger charge is -2.06. The number of aryl methyl sites for hydroxylation is 1. The molecular weight excluding hydrogens is 725 g/mol. The number of nitrogens with zero attached hydrogens (tertiary/aromatic N) is 8. The van der Waals surface area contributed by atoms with E-state index in [1.807, 2.05) is 0 Å². The van der Waals surface area contributed by atoms with Crippen molar-refractivity contribution in [3.63, 3.8) is 0 Å². The summed E-state index contributed by atoms with van der Waals surface area (Å²) in [7, 11) is 0. The zero-order chi connectivity index (χ0) is 39.8. The number of hydrogen-bond acceptors (Lipinski definition) is 0. The van der Waals surface area contributed by atoms with Crippen LogP contribution in [-0.4, -0.2) is 18.3 Å². The monoisotopic (exact) mass is 776 g/mol. The topological polar surface area (TPSA) is 35.2 Å². The van der Waals surface area contributed by atoms with Crippen molar-refractivity contribution >= 4 is 0 Å².